The fourth-order valence-corrected chi connectivity index (χ4v) is 2.29. The monoisotopic (exact) mass is 263 g/mol. The van der Waals surface area contributed by atoms with E-state index in [1.165, 1.54) is 0 Å². The standard InChI is InChI=1S/C15H18ClNO/c1-2-5-11(10-17)18-15-9-8-14(16)12-6-3-4-7-13(12)15/h3-4,6-9,11H,2,5,10,17H2,1H3. The summed E-state index contributed by atoms with van der Waals surface area (Å²) in [5, 5.41) is 2.81. The lowest BCUT2D eigenvalue weighted by Gasteiger charge is -2.18. The average molecular weight is 264 g/mol. The first-order chi connectivity index (χ1) is 8.76. The first-order valence-corrected chi connectivity index (χ1v) is 6.68. The summed E-state index contributed by atoms with van der Waals surface area (Å²) < 4.78 is 5.99. The minimum absolute atomic E-state index is 0.0691. The van der Waals surface area contributed by atoms with E-state index in [0.29, 0.717) is 6.54 Å². The van der Waals surface area contributed by atoms with Gasteiger partial charge < -0.3 is 10.5 Å². The maximum absolute atomic E-state index is 6.18. The van der Waals surface area contributed by atoms with Gasteiger partial charge >= 0.3 is 0 Å². The van der Waals surface area contributed by atoms with E-state index < -0.39 is 0 Å². The molecule has 0 saturated heterocycles. The number of rotatable bonds is 5. The van der Waals surface area contributed by atoms with Gasteiger partial charge in [0.15, 0.2) is 0 Å². The number of hydrogen-bond acceptors (Lipinski definition) is 2. The smallest absolute Gasteiger partial charge is 0.127 e. The fraction of sp³-hybridized carbons (Fsp3) is 0.333. The highest BCUT2D eigenvalue weighted by Crippen LogP contribution is 2.32. The lowest BCUT2D eigenvalue weighted by atomic mass is 10.1. The van der Waals surface area contributed by atoms with Gasteiger partial charge in [0.1, 0.15) is 11.9 Å². The van der Waals surface area contributed by atoms with Crippen LogP contribution in [0.4, 0.5) is 0 Å². The van der Waals surface area contributed by atoms with Crippen molar-refractivity contribution in [2.24, 2.45) is 5.73 Å². The van der Waals surface area contributed by atoms with Gasteiger partial charge in [0.25, 0.3) is 0 Å². The molecule has 1 atom stereocenters. The average Bonchev–Trinajstić information content (AvgIpc) is 2.41. The summed E-state index contributed by atoms with van der Waals surface area (Å²) in [6.07, 6.45) is 2.10. The molecule has 2 nitrogen and oxygen atoms in total. The fourth-order valence-electron chi connectivity index (χ4n) is 2.06. The van der Waals surface area contributed by atoms with E-state index >= 15 is 0 Å². The third-order valence-corrected chi connectivity index (χ3v) is 3.33. The van der Waals surface area contributed by atoms with Crippen LogP contribution in [-0.2, 0) is 0 Å². The molecule has 96 valence electrons. The van der Waals surface area contributed by atoms with Crippen molar-refractivity contribution in [3.63, 3.8) is 0 Å². The van der Waals surface area contributed by atoms with Crippen molar-refractivity contribution in [1.82, 2.24) is 0 Å². The highest BCUT2D eigenvalue weighted by Gasteiger charge is 2.10. The van der Waals surface area contributed by atoms with Crippen molar-refractivity contribution in [2.45, 2.75) is 25.9 Å². The number of fused-ring (bicyclic) bond motifs is 1. The van der Waals surface area contributed by atoms with Gasteiger partial charge in [-0.25, -0.2) is 0 Å². The molecule has 0 aliphatic heterocycles. The maximum Gasteiger partial charge on any atom is 0.127 e. The van der Waals surface area contributed by atoms with Gasteiger partial charge in [-0.15, -0.1) is 0 Å². The second-order valence-electron chi connectivity index (χ2n) is 4.36. The Morgan fingerprint density at radius 2 is 1.89 bits per heavy atom. The Morgan fingerprint density at radius 3 is 2.56 bits per heavy atom. The minimum atomic E-state index is 0.0691. The molecule has 2 aromatic rings. The Morgan fingerprint density at radius 1 is 1.17 bits per heavy atom. The molecular weight excluding hydrogens is 246 g/mol. The first kappa shape index (κ1) is 13.2. The largest absolute Gasteiger partial charge is 0.488 e. The summed E-state index contributed by atoms with van der Waals surface area (Å²) in [5.41, 5.74) is 5.73. The predicted octanol–water partition coefficient (Wildman–Crippen LogP) is 4.00. The molecule has 0 spiro atoms. The molecule has 2 rings (SSSR count). The number of halogens is 1. The van der Waals surface area contributed by atoms with Gasteiger partial charge in [-0.1, -0.05) is 49.2 Å². The second kappa shape index (κ2) is 6.07. The van der Waals surface area contributed by atoms with E-state index in [4.69, 9.17) is 22.1 Å². The Balaban J connectivity index is 2.36. The topological polar surface area (TPSA) is 35.2 Å². The SMILES string of the molecule is CCCC(CN)Oc1ccc(Cl)c2ccccc12. The van der Waals surface area contributed by atoms with Gasteiger partial charge in [0.05, 0.1) is 0 Å². The molecule has 2 aromatic carbocycles. The van der Waals surface area contributed by atoms with Crippen molar-refractivity contribution in [1.29, 1.82) is 0 Å². The van der Waals surface area contributed by atoms with Crippen molar-refractivity contribution in [2.75, 3.05) is 6.54 Å². The minimum Gasteiger partial charge on any atom is -0.488 e. The van der Waals surface area contributed by atoms with Crippen LogP contribution < -0.4 is 10.5 Å². The predicted molar refractivity (Wildman–Crippen MR) is 77.3 cm³/mol. The zero-order valence-electron chi connectivity index (χ0n) is 10.5. The summed E-state index contributed by atoms with van der Waals surface area (Å²) >= 11 is 6.18. The summed E-state index contributed by atoms with van der Waals surface area (Å²) in [6, 6.07) is 11.8. The molecule has 1 unspecified atom stereocenters. The quantitative estimate of drug-likeness (QED) is 0.885. The van der Waals surface area contributed by atoms with E-state index in [1.54, 1.807) is 0 Å². The molecule has 18 heavy (non-hydrogen) atoms. The molecule has 2 N–H and O–H groups in total. The van der Waals surface area contributed by atoms with Crippen LogP contribution in [-0.4, -0.2) is 12.6 Å². The van der Waals surface area contributed by atoms with Crippen LogP contribution >= 0.6 is 11.6 Å². The lowest BCUT2D eigenvalue weighted by Crippen LogP contribution is -2.26. The molecule has 0 aromatic heterocycles. The zero-order valence-corrected chi connectivity index (χ0v) is 11.3. The van der Waals surface area contributed by atoms with E-state index in [1.807, 2.05) is 36.4 Å². The molecule has 0 heterocycles. The highest BCUT2D eigenvalue weighted by molar-refractivity contribution is 6.35. The van der Waals surface area contributed by atoms with Crippen LogP contribution in [0.2, 0.25) is 5.02 Å². The molecule has 0 saturated carbocycles. The van der Waals surface area contributed by atoms with Crippen LogP contribution in [0.25, 0.3) is 10.8 Å². The number of benzene rings is 2. The normalized spacial score (nSPS) is 12.6. The van der Waals surface area contributed by atoms with E-state index in [-0.39, 0.29) is 6.10 Å². The number of hydrogen-bond donors (Lipinski definition) is 1. The van der Waals surface area contributed by atoms with Gasteiger partial charge in [-0.2, -0.15) is 0 Å². The Kier molecular flexibility index (Phi) is 4.45. The second-order valence-corrected chi connectivity index (χ2v) is 4.76. The van der Waals surface area contributed by atoms with Crippen LogP contribution in [0.5, 0.6) is 5.75 Å². The van der Waals surface area contributed by atoms with Gasteiger partial charge in [0.2, 0.25) is 0 Å². The molecule has 3 heteroatoms. The van der Waals surface area contributed by atoms with Crippen molar-refractivity contribution in [3.05, 3.63) is 41.4 Å². The van der Waals surface area contributed by atoms with E-state index in [9.17, 15) is 0 Å². The molecule has 0 aliphatic rings. The summed E-state index contributed by atoms with van der Waals surface area (Å²) in [7, 11) is 0. The maximum atomic E-state index is 6.18. The van der Waals surface area contributed by atoms with Crippen molar-refractivity contribution < 1.29 is 4.74 Å². The summed E-state index contributed by atoms with van der Waals surface area (Å²) in [4.78, 5) is 0. The first-order valence-electron chi connectivity index (χ1n) is 6.30. The summed E-state index contributed by atoms with van der Waals surface area (Å²) in [5.74, 6) is 0.860. The lowest BCUT2D eigenvalue weighted by molar-refractivity contribution is 0.200. The molecule has 0 bridgehead atoms. The van der Waals surface area contributed by atoms with Crippen LogP contribution in [0.15, 0.2) is 36.4 Å². The number of nitrogens with two attached hydrogens (primary N) is 1. The van der Waals surface area contributed by atoms with E-state index in [2.05, 4.69) is 6.92 Å². The van der Waals surface area contributed by atoms with Gasteiger partial charge in [0, 0.05) is 22.3 Å². The summed E-state index contributed by atoms with van der Waals surface area (Å²) in [6.45, 7) is 2.66. The number of ether oxygens (including phenoxy) is 1. The molecule has 0 fully saturated rings. The van der Waals surface area contributed by atoms with Crippen LogP contribution in [0, 0.1) is 0 Å². The third kappa shape index (κ3) is 2.77. The Bertz CT molecular complexity index is 527. The van der Waals surface area contributed by atoms with Crippen molar-refractivity contribution >= 4 is 22.4 Å². The zero-order chi connectivity index (χ0) is 13.0. The third-order valence-electron chi connectivity index (χ3n) is 3.00. The van der Waals surface area contributed by atoms with Gasteiger partial charge in [-0.05, 0) is 18.6 Å². The highest BCUT2D eigenvalue weighted by atomic mass is 35.5. The Hall–Kier alpha value is -1.25. The van der Waals surface area contributed by atoms with Crippen molar-refractivity contribution in [3.8, 4) is 5.75 Å². The Labute approximate surface area is 113 Å². The van der Waals surface area contributed by atoms with E-state index in [0.717, 1.165) is 34.4 Å². The molecular formula is C15H18ClNO. The molecule has 0 radical (unpaired) electrons. The van der Waals surface area contributed by atoms with Gasteiger partial charge in [-0.3, -0.25) is 0 Å². The molecule has 0 amide bonds. The van der Waals surface area contributed by atoms with Crippen LogP contribution in [0.3, 0.4) is 0 Å². The van der Waals surface area contributed by atoms with Crippen LogP contribution in [0.1, 0.15) is 19.8 Å². The molecule has 0 aliphatic carbocycles.